The van der Waals surface area contributed by atoms with Gasteiger partial charge in [0.05, 0.1) is 17.7 Å². The van der Waals surface area contributed by atoms with Gasteiger partial charge in [-0.05, 0) is 53.1 Å². The van der Waals surface area contributed by atoms with E-state index in [1.54, 1.807) is 18.3 Å². The van der Waals surface area contributed by atoms with Gasteiger partial charge in [-0.3, -0.25) is 10.1 Å². The lowest BCUT2D eigenvalue weighted by Crippen LogP contribution is -2.00. The molecule has 0 unspecified atom stereocenters. The highest BCUT2D eigenvalue weighted by Crippen LogP contribution is 2.29. The molecular weight excluding hydrogens is 432 g/mol. The van der Waals surface area contributed by atoms with Crippen LogP contribution < -0.4 is 9.47 Å². The second kappa shape index (κ2) is 11.0. The van der Waals surface area contributed by atoms with Crippen molar-refractivity contribution in [1.82, 2.24) is 0 Å². The molecule has 0 N–H and O–H groups in total. The van der Waals surface area contributed by atoms with Crippen LogP contribution in [0, 0.1) is 10.1 Å². The number of ether oxygens (including phenoxy) is 2. The number of oxime groups is 1. The van der Waals surface area contributed by atoms with Crippen LogP contribution in [0.5, 0.6) is 11.5 Å². The van der Waals surface area contributed by atoms with Crippen molar-refractivity contribution in [3.05, 3.63) is 112 Å². The third-order valence-corrected chi connectivity index (χ3v) is 5.10. The van der Waals surface area contributed by atoms with E-state index in [0.717, 1.165) is 11.1 Å². The van der Waals surface area contributed by atoms with Crippen molar-refractivity contribution in [3.8, 4) is 11.5 Å². The van der Waals surface area contributed by atoms with Gasteiger partial charge in [0.25, 0.3) is 5.69 Å². The van der Waals surface area contributed by atoms with E-state index in [9.17, 15) is 10.1 Å². The van der Waals surface area contributed by atoms with E-state index in [-0.39, 0.29) is 12.3 Å². The number of hydrogen-bond donors (Lipinski definition) is 0. The van der Waals surface area contributed by atoms with Crippen molar-refractivity contribution in [2.45, 2.75) is 20.1 Å². The zero-order chi connectivity index (χ0) is 23.8. The summed E-state index contributed by atoms with van der Waals surface area (Å²) in [6.45, 7) is 2.96. The summed E-state index contributed by atoms with van der Waals surface area (Å²) in [5, 5.41) is 17.2. The Hall–Kier alpha value is -4.39. The predicted octanol–water partition coefficient (Wildman–Crippen LogP) is 6.28. The summed E-state index contributed by atoms with van der Waals surface area (Å²) in [4.78, 5) is 15.7. The van der Waals surface area contributed by atoms with Gasteiger partial charge in [0.15, 0.2) is 11.5 Å². The number of hydrogen-bond acceptors (Lipinski definition) is 6. The van der Waals surface area contributed by atoms with Crippen molar-refractivity contribution >= 4 is 22.7 Å². The molecule has 4 aromatic carbocycles. The summed E-state index contributed by atoms with van der Waals surface area (Å²) in [6.07, 6.45) is 1.56. The summed E-state index contributed by atoms with van der Waals surface area (Å²) >= 11 is 0. The molecule has 34 heavy (non-hydrogen) atoms. The zero-order valence-electron chi connectivity index (χ0n) is 18.7. The fraction of sp³-hybridized carbons (Fsp3) is 0.148. The van der Waals surface area contributed by atoms with Crippen molar-refractivity contribution in [1.29, 1.82) is 0 Å². The Morgan fingerprint density at radius 1 is 0.824 bits per heavy atom. The predicted molar refractivity (Wildman–Crippen MR) is 131 cm³/mol. The first-order valence-corrected chi connectivity index (χ1v) is 10.9. The molecule has 0 spiro atoms. The van der Waals surface area contributed by atoms with Crippen LogP contribution in [0.1, 0.15) is 23.6 Å². The molecule has 7 nitrogen and oxygen atoms in total. The number of nitro groups is 1. The average Bonchev–Trinajstić information content (AvgIpc) is 2.86. The Morgan fingerprint density at radius 2 is 1.65 bits per heavy atom. The lowest BCUT2D eigenvalue weighted by molar-refractivity contribution is -0.384. The lowest BCUT2D eigenvalue weighted by atomic mass is 10.1. The van der Waals surface area contributed by atoms with E-state index in [0.29, 0.717) is 30.3 Å². The van der Waals surface area contributed by atoms with Crippen molar-refractivity contribution in [2.75, 3.05) is 6.61 Å². The fourth-order valence-corrected chi connectivity index (χ4v) is 3.45. The Balaban J connectivity index is 1.39. The van der Waals surface area contributed by atoms with Crippen LogP contribution in [-0.2, 0) is 18.1 Å². The lowest BCUT2D eigenvalue weighted by Gasteiger charge is -2.13. The minimum Gasteiger partial charge on any atom is -0.490 e. The van der Waals surface area contributed by atoms with Gasteiger partial charge in [0, 0.05) is 17.7 Å². The average molecular weight is 456 g/mol. The Kier molecular flexibility index (Phi) is 7.35. The van der Waals surface area contributed by atoms with E-state index in [1.807, 2.05) is 37.3 Å². The minimum absolute atomic E-state index is 0.0192. The van der Waals surface area contributed by atoms with Crippen LogP contribution in [0.2, 0.25) is 0 Å². The highest BCUT2D eigenvalue weighted by atomic mass is 16.6. The molecule has 0 aromatic heterocycles. The van der Waals surface area contributed by atoms with Crippen LogP contribution in [0.25, 0.3) is 10.8 Å². The maximum absolute atomic E-state index is 10.9. The van der Waals surface area contributed by atoms with Crippen molar-refractivity contribution in [3.63, 3.8) is 0 Å². The van der Waals surface area contributed by atoms with Gasteiger partial charge in [0.2, 0.25) is 0 Å². The molecule has 4 aromatic rings. The van der Waals surface area contributed by atoms with Gasteiger partial charge < -0.3 is 14.3 Å². The summed E-state index contributed by atoms with van der Waals surface area (Å²) in [5.74, 6) is 1.26. The number of fused-ring (bicyclic) bond motifs is 1. The Bertz CT molecular complexity index is 1320. The van der Waals surface area contributed by atoms with Gasteiger partial charge >= 0.3 is 0 Å². The number of non-ortho nitro benzene ring substituents is 1. The highest BCUT2D eigenvalue weighted by Gasteiger charge is 2.08. The summed E-state index contributed by atoms with van der Waals surface area (Å²) in [6, 6.07) is 26.3. The van der Waals surface area contributed by atoms with Gasteiger partial charge in [-0.15, -0.1) is 0 Å². The van der Waals surface area contributed by atoms with Crippen LogP contribution in [0.3, 0.4) is 0 Å². The van der Waals surface area contributed by atoms with E-state index >= 15 is 0 Å². The van der Waals surface area contributed by atoms with E-state index in [2.05, 4.69) is 35.5 Å². The molecule has 0 heterocycles. The molecule has 0 bridgehead atoms. The topological polar surface area (TPSA) is 83.2 Å². The van der Waals surface area contributed by atoms with Crippen LogP contribution in [-0.4, -0.2) is 17.7 Å². The summed E-state index contributed by atoms with van der Waals surface area (Å²) in [5.41, 5.74) is 2.53. The van der Waals surface area contributed by atoms with E-state index < -0.39 is 4.92 Å². The minimum atomic E-state index is -0.439. The second-order valence-electron chi connectivity index (χ2n) is 7.54. The molecule has 172 valence electrons. The molecule has 0 saturated carbocycles. The van der Waals surface area contributed by atoms with Gasteiger partial charge in [-0.2, -0.15) is 0 Å². The molecular formula is C27H24N2O5. The van der Waals surface area contributed by atoms with Crippen molar-refractivity contribution in [2.24, 2.45) is 5.16 Å². The molecule has 0 atom stereocenters. The van der Waals surface area contributed by atoms with Gasteiger partial charge in [0.1, 0.15) is 13.2 Å². The SMILES string of the molecule is CCOc1cc(/C=N\OCc2cccc([N+](=O)[O-])c2)ccc1OCc1ccc2ccccc2c1. The van der Waals surface area contributed by atoms with Crippen LogP contribution in [0.4, 0.5) is 5.69 Å². The van der Waals surface area contributed by atoms with Crippen molar-refractivity contribution < 1.29 is 19.2 Å². The molecule has 7 heteroatoms. The van der Waals surface area contributed by atoms with Gasteiger partial charge in [-0.1, -0.05) is 53.7 Å². The maximum Gasteiger partial charge on any atom is 0.269 e. The molecule has 0 aliphatic carbocycles. The zero-order valence-corrected chi connectivity index (χ0v) is 18.7. The van der Waals surface area contributed by atoms with Gasteiger partial charge in [-0.25, -0.2) is 0 Å². The molecule has 0 radical (unpaired) electrons. The van der Waals surface area contributed by atoms with Crippen LogP contribution in [0.15, 0.2) is 90.1 Å². The number of nitrogens with zero attached hydrogens (tertiary/aromatic N) is 2. The first kappa shape index (κ1) is 22.8. The highest BCUT2D eigenvalue weighted by molar-refractivity contribution is 5.83. The first-order valence-electron chi connectivity index (χ1n) is 10.9. The molecule has 0 fully saturated rings. The Labute approximate surface area is 197 Å². The smallest absolute Gasteiger partial charge is 0.269 e. The number of rotatable bonds is 10. The molecule has 0 saturated heterocycles. The molecule has 0 aliphatic rings. The third-order valence-electron chi connectivity index (χ3n) is 5.10. The normalized spacial score (nSPS) is 11.0. The molecule has 0 aliphatic heterocycles. The second-order valence-corrected chi connectivity index (χ2v) is 7.54. The Morgan fingerprint density at radius 3 is 2.47 bits per heavy atom. The third kappa shape index (κ3) is 5.89. The maximum atomic E-state index is 10.9. The fourth-order valence-electron chi connectivity index (χ4n) is 3.45. The van der Waals surface area contributed by atoms with Crippen LogP contribution >= 0.6 is 0 Å². The number of nitro benzene ring substituents is 1. The van der Waals surface area contributed by atoms with E-state index in [1.165, 1.54) is 22.9 Å². The number of benzene rings is 4. The summed E-state index contributed by atoms with van der Waals surface area (Å²) in [7, 11) is 0. The molecule has 0 amide bonds. The monoisotopic (exact) mass is 456 g/mol. The largest absolute Gasteiger partial charge is 0.490 e. The van der Waals surface area contributed by atoms with E-state index in [4.69, 9.17) is 14.3 Å². The quantitative estimate of drug-likeness (QED) is 0.159. The first-order chi connectivity index (χ1) is 16.6. The standard InChI is InChI=1S/C27H24N2O5/c1-2-32-27-16-20(17-28-34-19-21-6-5-9-25(15-21)29(30)31)11-13-26(27)33-18-22-10-12-23-7-3-4-8-24(23)14-22/h3-17H,2,18-19H2,1H3/b28-17-. The molecule has 4 rings (SSSR count). The summed E-state index contributed by atoms with van der Waals surface area (Å²) < 4.78 is 11.8.